The van der Waals surface area contributed by atoms with Crippen LogP contribution in [-0.4, -0.2) is 34.4 Å². The van der Waals surface area contributed by atoms with Crippen LogP contribution in [0.25, 0.3) is 11.8 Å². The molecule has 0 unspecified atom stereocenters. The lowest BCUT2D eigenvalue weighted by Crippen LogP contribution is -2.16. The van der Waals surface area contributed by atoms with Crippen molar-refractivity contribution in [3.8, 4) is 23.0 Å². The van der Waals surface area contributed by atoms with Gasteiger partial charge < -0.3 is 23.7 Å². The summed E-state index contributed by atoms with van der Waals surface area (Å²) in [5.41, 5.74) is 2.43. The van der Waals surface area contributed by atoms with Crippen molar-refractivity contribution in [2.24, 2.45) is 0 Å². The highest BCUT2D eigenvalue weighted by Crippen LogP contribution is 2.38. The number of rotatable bonds is 5. The van der Waals surface area contributed by atoms with Gasteiger partial charge in [0, 0.05) is 5.56 Å². The van der Waals surface area contributed by atoms with Gasteiger partial charge in [0.05, 0.1) is 34.9 Å². The molecule has 2 aromatic rings. The maximum Gasteiger partial charge on any atom is 0.315 e. The number of hydrogen-bond donors (Lipinski definition) is 0. The average Bonchev–Trinajstić information content (AvgIpc) is 2.66. The van der Waals surface area contributed by atoms with Crippen LogP contribution >= 0.6 is 0 Å². The van der Waals surface area contributed by atoms with Gasteiger partial charge in [-0.15, -0.1) is 0 Å². The Morgan fingerprint density at radius 1 is 0.846 bits per heavy atom. The molecular weight excluding hydrogens is 336 g/mol. The first-order valence-corrected chi connectivity index (χ1v) is 7.99. The number of cyclic esters (lactones) is 1. The Morgan fingerprint density at radius 2 is 1.46 bits per heavy atom. The van der Waals surface area contributed by atoms with E-state index in [2.05, 4.69) is 0 Å². The van der Waals surface area contributed by atoms with Crippen molar-refractivity contribution in [3.05, 3.63) is 47.0 Å². The molecular formula is C20H20O6. The molecule has 0 aliphatic carbocycles. The molecule has 0 saturated heterocycles. The van der Waals surface area contributed by atoms with Gasteiger partial charge >= 0.3 is 5.97 Å². The lowest BCUT2D eigenvalue weighted by atomic mass is 9.98. The molecule has 0 saturated carbocycles. The fourth-order valence-electron chi connectivity index (χ4n) is 2.87. The van der Waals surface area contributed by atoms with Gasteiger partial charge in [0.1, 0.15) is 5.76 Å². The quantitative estimate of drug-likeness (QED) is 0.766. The van der Waals surface area contributed by atoms with Crippen molar-refractivity contribution in [2.75, 3.05) is 28.4 Å². The summed E-state index contributed by atoms with van der Waals surface area (Å²) >= 11 is 0. The third-order valence-electron chi connectivity index (χ3n) is 4.14. The zero-order chi connectivity index (χ0) is 18.7. The van der Waals surface area contributed by atoms with Gasteiger partial charge in [-0.05, 0) is 41.5 Å². The average molecular weight is 356 g/mol. The van der Waals surface area contributed by atoms with E-state index < -0.39 is 0 Å². The van der Waals surface area contributed by atoms with Crippen LogP contribution in [0.15, 0.2) is 30.3 Å². The lowest BCUT2D eigenvalue weighted by Gasteiger charge is -2.21. The summed E-state index contributed by atoms with van der Waals surface area (Å²) in [7, 11) is 6.28. The molecule has 0 fully saturated rings. The number of carbonyl (C=O) groups is 1. The van der Waals surface area contributed by atoms with E-state index in [0.29, 0.717) is 28.8 Å². The Labute approximate surface area is 151 Å². The fourth-order valence-corrected chi connectivity index (χ4v) is 2.87. The van der Waals surface area contributed by atoms with Gasteiger partial charge in [-0.2, -0.15) is 0 Å². The van der Waals surface area contributed by atoms with Gasteiger partial charge in [-0.1, -0.05) is 6.07 Å². The molecule has 1 aliphatic heterocycles. The molecule has 0 amide bonds. The van der Waals surface area contributed by atoms with Crippen LogP contribution in [0.4, 0.5) is 0 Å². The van der Waals surface area contributed by atoms with E-state index in [1.807, 2.05) is 18.2 Å². The van der Waals surface area contributed by atoms with Crippen LogP contribution < -0.4 is 18.9 Å². The monoisotopic (exact) mass is 356 g/mol. The smallest absolute Gasteiger partial charge is 0.315 e. The van der Waals surface area contributed by atoms with Gasteiger partial charge in [0.15, 0.2) is 23.0 Å². The van der Waals surface area contributed by atoms with Crippen LogP contribution in [0, 0.1) is 0 Å². The Hall–Kier alpha value is -3.15. The first-order chi connectivity index (χ1) is 12.6. The third-order valence-corrected chi connectivity index (χ3v) is 4.14. The van der Waals surface area contributed by atoms with Gasteiger partial charge in [0.25, 0.3) is 0 Å². The number of hydrogen-bond acceptors (Lipinski definition) is 6. The third kappa shape index (κ3) is 3.31. The van der Waals surface area contributed by atoms with E-state index in [1.165, 1.54) is 0 Å². The van der Waals surface area contributed by atoms with Gasteiger partial charge in [-0.3, -0.25) is 4.79 Å². The predicted molar refractivity (Wildman–Crippen MR) is 96.8 cm³/mol. The molecule has 0 atom stereocenters. The highest BCUT2D eigenvalue weighted by Gasteiger charge is 2.24. The second kappa shape index (κ2) is 7.39. The van der Waals surface area contributed by atoms with Crippen LogP contribution in [0.2, 0.25) is 0 Å². The van der Waals surface area contributed by atoms with E-state index in [1.54, 1.807) is 46.6 Å². The summed E-state index contributed by atoms with van der Waals surface area (Å²) < 4.78 is 26.7. The molecule has 6 nitrogen and oxygen atoms in total. The Morgan fingerprint density at radius 3 is 2.12 bits per heavy atom. The summed E-state index contributed by atoms with van der Waals surface area (Å²) in [5.74, 6) is 2.49. The van der Waals surface area contributed by atoms with Crippen molar-refractivity contribution in [3.63, 3.8) is 0 Å². The number of ether oxygens (including phenoxy) is 5. The topological polar surface area (TPSA) is 63.2 Å². The minimum atomic E-state index is -0.323. The molecule has 1 heterocycles. The Bertz CT molecular complexity index is 869. The van der Waals surface area contributed by atoms with Crippen molar-refractivity contribution >= 4 is 17.8 Å². The summed E-state index contributed by atoms with van der Waals surface area (Å²) in [6.45, 7) is 0. The molecule has 2 aromatic carbocycles. The molecule has 136 valence electrons. The molecule has 1 aliphatic rings. The SMILES string of the molecule is COc1ccc(C=C2OC(=O)Cc3cc(OC)c(OC)cc32)cc1OC. The molecule has 3 rings (SSSR count). The van der Waals surface area contributed by atoms with E-state index in [-0.39, 0.29) is 12.4 Å². The van der Waals surface area contributed by atoms with Gasteiger partial charge in [0.2, 0.25) is 0 Å². The minimum absolute atomic E-state index is 0.180. The second-order valence-electron chi connectivity index (χ2n) is 5.64. The summed E-state index contributed by atoms with van der Waals surface area (Å²) in [6.07, 6.45) is 1.96. The minimum Gasteiger partial charge on any atom is -0.493 e. The van der Waals surface area contributed by atoms with Crippen molar-refractivity contribution < 1.29 is 28.5 Å². The second-order valence-corrected chi connectivity index (χ2v) is 5.64. The normalized spacial score (nSPS) is 14.5. The number of fused-ring (bicyclic) bond motifs is 1. The Balaban J connectivity index is 2.09. The largest absolute Gasteiger partial charge is 0.493 e. The molecule has 0 spiro atoms. The molecule has 0 aromatic heterocycles. The molecule has 26 heavy (non-hydrogen) atoms. The van der Waals surface area contributed by atoms with E-state index in [0.717, 1.165) is 16.7 Å². The van der Waals surface area contributed by atoms with Crippen molar-refractivity contribution in [1.29, 1.82) is 0 Å². The first kappa shape index (κ1) is 17.7. The molecule has 0 N–H and O–H groups in total. The van der Waals surface area contributed by atoms with Gasteiger partial charge in [-0.25, -0.2) is 0 Å². The summed E-state index contributed by atoms with van der Waals surface area (Å²) in [4.78, 5) is 12.0. The molecule has 0 radical (unpaired) electrons. The van der Waals surface area contributed by atoms with E-state index in [4.69, 9.17) is 23.7 Å². The lowest BCUT2D eigenvalue weighted by molar-refractivity contribution is -0.136. The summed E-state index contributed by atoms with van der Waals surface area (Å²) in [6, 6.07) is 9.08. The van der Waals surface area contributed by atoms with Crippen LogP contribution in [0.1, 0.15) is 16.7 Å². The first-order valence-electron chi connectivity index (χ1n) is 7.99. The van der Waals surface area contributed by atoms with Crippen LogP contribution in [0.3, 0.4) is 0 Å². The van der Waals surface area contributed by atoms with Crippen molar-refractivity contribution in [2.45, 2.75) is 6.42 Å². The number of carbonyl (C=O) groups excluding carboxylic acids is 1. The predicted octanol–water partition coefficient (Wildman–Crippen LogP) is 3.32. The van der Waals surface area contributed by atoms with E-state index >= 15 is 0 Å². The zero-order valence-electron chi connectivity index (χ0n) is 15.1. The standard InChI is InChI=1S/C20H20O6/c1-22-15-6-5-12(8-17(15)23-2)7-16-14-11-19(25-4)18(24-3)9-13(14)10-20(21)26-16/h5-9,11H,10H2,1-4H3. The highest BCUT2D eigenvalue weighted by molar-refractivity contribution is 5.92. The summed E-state index contributed by atoms with van der Waals surface area (Å²) in [5, 5.41) is 0. The number of esters is 1. The van der Waals surface area contributed by atoms with Crippen LogP contribution in [-0.2, 0) is 16.0 Å². The van der Waals surface area contributed by atoms with E-state index in [9.17, 15) is 4.79 Å². The molecule has 0 bridgehead atoms. The highest BCUT2D eigenvalue weighted by atomic mass is 16.5. The maximum absolute atomic E-state index is 12.0. The maximum atomic E-state index is 12.0. The van der Waals surface area contributed by atoms with Crippen molar-refractivity contribution in [1.82, 2.24) is 0 Å². The fraction of sp³-hybridized carbons (Fsp3) is 0.250. The Kier molecular flexibility index (Phi) is 5.02. The zero-order valence-corrected chi connectivity index (χ0v) is 15.1. The number of methoxy groups -OCH3 is 4. The molecule has 6 heteroatoms. The number of benzene rings is 2. The van der Waals surface area contributed by atoms with Crippen LogP contribution in [0.5, 0.6) is 23.0 Å².